The molecule has 1 fully saturated rings. The number of benzene rings is 1. The van der Waals surface area contributed by atoms with Crippen LogP contribution in [0.5, 0.6) is 0 Å². The first kappa shape index (κ1) is 19.7. The monoisotopic (exact) mass is 414 g/mol. The van der Waals surface area contributed by atoms with Crippen LogP contribution in [-0.2, 0) is 6.54 Å². The van der Waals surface area contributed by atoms with E-state index in [2.05, 4.69) is 33.7 Å². The Morgan fingerprint density at radius 1 is 1.28 bits per heavy atom. The van der Waals surface area contributed by atoms with Crippen molar-refractivity contribution >= 4 is 35.8 Å². The number of amides is 2. The van der Waals surface area contributed by atoms with Crippen LogP contribution in [0.1, 0.15) is 18.6 Å². The summed E-state index contributed by atoms with van der Waals surface area (Å²) >= 11 is 4.08. The third-order valence-corrected chi connectivity index (χ3v) is 5.75. The van der Waals surface area contributed by atoms with Crippen molar-refractivity contribution < 1.29 is 9.21 Å². The summed E-state index contributed by atoms with van der Waals surface area (Å²) in [6, 6.07) is 11.9. The van der Waals surface area contributed by atoms with Gasteiger partial charge in [-0.1, -0.05) is 24.9 Å². The van der Waals surface area contributed by atoms with Crippen molar-refractivity contribution in [2.75, 3.05) is 31.5 Å². The highest BCUT2D eigenvalue weighted by molar-refractivity contribution is 7.78. The number of aromatic nitrogens is 2. The zero-order chi connectivity index (χ0) is 20.2. The number of nitrogens with two attached hydrogens (primary N) is 1. The average molecular weight is 415 g/mol. The van der Waals surface area contributed by atoms with E-state index in [0.717, 1.165) is 55.2 Å². The van der Waals surface area contributed by atoms with Gasteiger partial charge in [-0.15, -0.1) is 0 Å². The van der Waals surface area contributed by atoms with Crippen molar-refractivity contribution in [2.45, 2.75) is 25.4 Å². The molecule has 9 heteroatoms. The fourth-order valence-electron chi connectivity index (χ4n) is 3.73. The molecule has 1 saturated heterocycles. The number of likely N-dealkylation sites (tertiary alicyclic amines) is 1. The topological polar surface area (TPSA) is 92.6 Å². The molecule has 0 bridgehead atoms. The number of imidazole rings is 1. The second-order valence-electron chi connectivity index (χ2n) is 7.31. The SMILES string of the molecule is NC(=O)N(S)CCN1CCC(Nc2nc3ccccc3n2Cc2ccco2)CC1. The van der Waals surface area contributed by atoms with Gasteiger partial charge in [-0.05, 0) is 37.1 Å². The average Bonchev–Trinajstić information content (AvgIpc) is 3.36. The van der Waals surface area contributed by atoms with Gasteiger partial charge in [0.15, 0.2) is 0 Å². The summed E-state index contributed by atoms with van der Waals surface area (Å²) in [7, 11) is 0. The van der Waals surface area contributed by atoms with E-state index in [-0.39, 0.29) is 0 Å². The molecule has 2 aromatic heterocycles. The number of rotatable bonds is 7. The first-order valence-corrected chi connectivity index (χ1v) is 10.2. The largest absolute Gasteiger partial charge is 0.467 e. The molecule has 3 aromatic rings. The van der Waals surface area contributed by atoms with Gasteiger partial charge in [0.25, 0.3) is 0 Å². The van der Waals surface area contributed by atoms with Gasteiger partial charge in [0, 0.05) is 32.2 Å². The smallest absolute Gasteiger partial charge is 0.324 e. The van der Waals surface area contributed by atoms with Crippen LogP contribution in [0.25, 0.3) is 11.0 Å². The summed E-state index contributed by atoms with van der Waals surface area (Å²) in [5.41, 5.74) is 7.28. The van der Waals surface area contributed by atoms with Gasteiger partial charge in [-0.25, -0.2) is 9.78 Å². The number of piperidine rings is 1. The standard InChI is InChI=1S/C20H26N6O2S/c21-19(27)26(29)12-11-24-9-7-15(8-10-24)22-20-23-17-5-1-2-6-18(17)25(20)14-16-4-3-13-28-16/h1-6,13,15,29H,7-12,14H2,(H2,21,27)(H,22,23). The molecule has 4 rings (SSSR count). The van der Waals surface area contributed by atoms with Crippen LogP contribution >= 0.6 is 12.8 Å². The second kappa shape index (κ2) is 8.79. The number of hydrogen-bond donors (Lipinski definition) is 3. The number of hydrogen-bond acceptors (Lipinski definition) is 6. The Balaban J connectivity index is 1.40. The number of primary amides is 1. The maximum Gasteiger partial charge on any atom is 0.324 e. The molecular weight excluding hydrogens is 388 g/mol. The first-order valence-electron chi connectivity index (χ1n) is 9.82. The van der Waals surface area contributed by atoms with E-state index in [1.54, 1.807) is 6.26 Å². The number of urea groups is 1. The molecule has 8 nitrogen and oxygen atoms in total. The number of carbonyl (C=O) groups is 1. The molecule has 154 valence electrons. The number of furan rings is 1. The molecule has 0 radical (unpaired) electrons. The van der Waals surface area contributed by atoms with E-state index in [1.807, 2.05) is 30.3 Å². The van der Waals surface area contributed by atoms with Gasteiger partial charge in [0.05, 0.1) is 23.8 Å². The third kappa shape index (κ3) is 4.68. The quantitative estimate of drug-likeness (QED) is 0.517. The minimum atomic E-state index is -0.514. The minimum Gasteiger partial charge on any atom is -0.467 e. The van der Waals surface area contributed by atoms with Crippen LogP contribution in [-0.4, -0.2) is 57.0 Å². The van der Waals surface area contributed by atoms with Gasteiger partial charge >= 0.3 is 6.03 Å². The van der Waals surface area contributed by atoms with Crippen molar-refractivity contribution in [1.82, 2.24) is 18.8 Å². The molecule has 0 aliphatic carbocycles. The number of nitrogens with zero attached hydrogens (tertiary/aromatic N) is 4. The number of thiol groups is 1. The van der Waals surface area contributed by atoms with E-state index in [4.69, 9.17) is 15.1 Å². The maximum atomic E-state index is 11.1. The summed E-state index contributed by atoms with van der Waals surface area (Å²) in [6.45, 7) is 3.85. The minimum absolute atomic E-state index is 0.349. The van der Waals surface area contributed by atoms with E-state index in [9.17, 15) is 4.79 Å². The van der Waals surface area contributed by atoms with Gasteiger partial charge in [-0.2, -0.15) is 0 Å². The van der Waals surface area contributed by atoms with Crippen molar-refractivity contribution in [3.8, 4) is 0 Å². The van der Waals surface area contributed by atoms with E-state index in [0.29, 0.717) is 19.1 Å². The number of anilines is 1. The zero-order valence-corrected chi connectivity index (χ0v) is 17.1. The van der Waals surface area contributed by atoms with Crippen LogP contribution in [0.3, 0.4) is 0 Å². The lowest BCUT2D eigenvalue weighted by molar-refractivity contribution is 0.202. The zero-order valence-electron chi connectivity index (χ0n) is 16.2. The van der Waals surface area contributed by atoms with Gasteiger partial charge in [-0.3, -0.25) is 4.31 Å². The molecule has 0 unspecified atom stereocenters. The van der Waals surface area contributed by atoms with Crippen LogP contribution in [0.15, 0.2) is 47.1 Å². The van der Waals surface area contributed by atoms with Crippen LogP contribution in [0, 0.1) is 0 Å². The van der Waals surface area contributed by atoms with Gasteiger partial charge in [0.1, 0.15) is 5.76 Å². The van der Waals surface area contributed by atoms with Crippen LogP contribution in [0.4, 0.5) is 10.7 Å². The Bertz CT molecular complexity index is 949. The summed E-state index contributed by atoms with van der Waals surface area (Å²) < 4.78 is 8.98. The van der Waals surface area contributed by atoms with Crippen molar-refractivity contribution in [1.29, 1.82) is 0 Å². The van der Waals surface area contributed by atoms with Gasteiger partial charge in [0.2, 0.25) is 5.95 Å². The summed E-state index contributed by atoms with van der Waals surface area (Å²) in [6.07, 6.45) is 3.71. The second-order valence-corrected chi connectivity index (χ2v) is 7.79. The molecule has 0 spiro atoms. The molecule has 3 N–H and O–H groups in total. The normalized spacial score (nSPS) is 15.6. The van der Waals surface area contributed by atoms with Crippen LogP contribution < -0.4 is 11.1 Å². The number of nitrogens with one attached hydrogen (secondary N) is 1. The molecule has 1 aliphatic heterocycles. The van der Waals surface area contributed by atoms with Crippen molar-refractivity contribution in [2.24, 2.45) is 5.73 Å². The molecule has 29 heavy (non-hydrogen) atoms. The molecule has 0 atom stereocenters. The maximum absolute atomic E-state index is 11.1. The predicted molar refractivity (Wildman–Crippen MR) is 116 cm³/mol. The molecular formula is C20H26N6O2S. The lowest BCUT2D eigenvalue weighted by Crippen LogP contribution is -2.43. The summed E-state index contributed by atoms with van der Waals surface area (Å²) in [4.78, 5) is 18.2. The summed E-state index contributed by atoms with van der Waals surface area (Å²) in [5, 5.41) is 3.64. The Hall–Kier alpha value is -2.65. The number of fused-ring (bicyclic) bond motifs is 1. The van der Waals surface area contributed by atoms with Crippen LogP contribution in [0.2, 0.25) is 0 Å². The Kier molecular flexibility index (Phi) is 5.96. The lowest BCUT2D eigenvalue weighted by Gasteiger charge is -2.33. The fourth-order valence-corrected chi connectivity index (χ4v) is 3.82. The van der Waals surface area contributed by atoms with E-state index in [1.165, 1.54) is 4.31 Å². The van der Waals surface area contributed by atoms with Crippen molar-refractivity contribution in [3.05, 3.63) is 48.4 Å². The first-order chi connectivity index (χ1) is 14.1. The predicted octanol–water partition coefficient (Wildman–Crippen LogP) is 2.78. The molecule has 2 amide bonds. The Labute approximate surface area is 175 Å². The summed E-state index contributed by atoms with van der Waals surface area (Å²) in [5.74, 6) is 1.77. The van der Waals surface area contributed by atoms with Crippen molar-refractivity contribution in [3.63, 3.8) is 0 Å². The highest BCUT2D eigenvalue weighted by Gasteiger charge is 2.22. The number of carbonyl (C=O) groups excluding carboxylic acids is 1. The highest BCUT2D eigenvalue weighted by Crippen LogP contribution is 2.24. The van der Waals surface area contributed by atoms with E-state index < -0.39 is 6.03 Å². The highest BCUT2D eigenvalue weighted by atomic mass is 32.1. The van der Waals surface area contributed by atoms with Gasteiger partial charge < -0.3 is 24.9 Å². The molecule has 1 aromatic carbocycles. The molecule has 0 saturated carbocycles. The molecule has 3 heterocycles. The Morgan fingerprint density at radius 2 is 2.07 bits per heavy atom. The molecule has 1 aliphatic rings. The Morgan fingerprint density at radius 3 is 2.79 bits per heavy atom. The number of para-hydroxylation sites is 2. The fraction of sp³-hybridized carbons (Fsp3) is 0.400. The van der Waals surface area contributed by atoms with E-state index >= 15 is 0 Å². The lowest BCUT2D eigenvalue weighted by atomic mass is 10.1. The third-order valence-electron chi connectivity index (χ3n) is 5.35.